The maximum Gasteiger partial charge on any atom is 0.407 e. The number of carbonyl (C=O) groups excluding carboxylic acids is 2. The van der Waals surface area contributed by atoms with Gasteiger partial charge in [0.1, 0.15) is 6.61 Å². The number of hydrogen-bond donors (Lipinski definition) is 3. The number of nitrogens with one attached hydrogen (secondary N) is 1. The summed E-state index contributed by atoms with van der Waals surface area (Å²) in [5, 5.41) is 21.9. The number of piperidine rings is 1. The van der Waals surface area contributed by atoms with Crippen LogP contribution in [0.25, 0.3) is 11.1 Å². The van der Waals surface area contributed by atoms with Gasteiger partial charge in [0.15, 0.2) is 0 Å². The Morgan fingerprint density at radius 2 is 1.68 bits per heavy atom. The van der Waals surface area contributed by atoms with E-state index in [4.69, 9.17) is 4.74 Å². The Kier molecular flexibility index (Phi) is 7.17. The summed E-state index contributed by atoms with van der Waals surface area (Å²) in [7, 11) is 0. The Balaban J connectivity index is 1.26. The summed E-state index contributed by atoms with van der Waals surface area (Å²) in [6.07, 6.45) is -0.702. The number of likely N-dealkylation sites (tertiary alicyclic amines) is 1. The predicted octanol–water partition coefficient (Wildman–Crippen LogP) is 2.99. The lowest BCUT2D eigenvalue weighted by atomic mass is 9.95. The molecule has 2 aromatic rings. The number of amides is 2. The molecule has 3 atom stereocenters. The number of carboxylic acids is 1. The number of carboxylic acid groups (broad SMARTS) is 1. The van der Waals surface area contributed by atoms with E-state index in [9.17, 15) is 24.6 Å². The van der Waals surface area contributed by atoms with Crippen molar-refractivity contribution in [2.24, 2.45) is 5.92 Å². The third-order valence-corrected chi connectivity index (χ3v) is 6.63. The molecule has 34 heavy (non-hydrogen) atoms. The molecule has 8 heteroatoms. The number of aliphatic hydroxyl groups excluding tert-OH is 1. The number of carbonyl (C=O) groups is 3. The molecule has 2 aromatic carbocycles. The van der Waals surface area contributed by atoms with Crippen molar-refractivity contribution < 1.29 is 29.3 Å². The molecule has 1 saturated heterocycles. The topological polar surface area (TPSA) is 116 Å². The lowest BCUT2D eigenvalue weighted by Crippen LogP contribution is -2.48. The Hall–Kier alpha value is -3.39. The third kappa shape index (κ3) is 5.22. The fraction of sp³-hybridized carbons (Fsp3) is 0.423. The second kappa shape index (κ2) is 10.3. The van der Waals surface area contributed by atoms with Crippen molar-refractivity contribution in [1.29, 1.82) is 0 Å². The molecule has 0 bridgehead atoms. The van der Waals surface area contributed by atoms with Crippen molar-refractivity contribution in [3.05, 3.63) is 59.7 Å². The summed E-state index contributed by atoms with van der Waals surface area (Å²) in [6, 6.07) is 15.9. The molecule has 1 aliphatic carbocycles. The smallest absolute Gasteiger partial charge is 0.407 e. The first-order valence-electron chi connectivity index (χ1n) is 11.6. The average Bonchev–Trinajstić information content (AvgIpc) is 3.14. The van der Waals surface area contributed by atoms with Crippen LogP contribution in [0.15, 0.2) is 48.5 Å². The minimum absolute atomic E-state index is 0.0252. The molecule has 0 aromatic heterocycles. The normalized spacial score (nSPS) is 20.2. The zero-order chi connectivity index (χ0) is 24.2. The molecule has 0 radical (unpaired) electrons. The molecular weight excluding hydrogens is 436 g/mol. The van der Waals surface area contributed by atoms with Gasteiger partial charge in [0.05, 0.1) is 12.0 Å². The van der Waals surface area contributed by atoms with Crippen LogP contribution < -0.4 is 5.32 Å². The first kappa shape index (κ1) is 23.8. The van der Waals surface area contributed by atoms with Gasteiger partial charge in [0.25, 0.3) is 0 Å². The van der Waals surface area contributed by atoms with Crippen LogP contribution in [-0.2, 0) is 14.3 Å². The number of nitrogens with zero attached hydrogens (tertiary/aromatic N) is 1. The second-order valence-corrected chi connectivity index (χ2v) is 9.13. The zero-order valence-corrected chi connectivity index (χ0v) is 19.1. The van der Waals surface area contributed by atoms with Crippen LogP contribution in [0.2, 0.25) is 0 Å². The highest BCUT2D eigenvalue weighted by Crippen LogP contribution is 2.44. The molecule has 2 aliphatic rings. The summed E-state index contributed by atoms with van der Waals surface area (Å²) in [6.45, 7) is 2.24. The summed E-state index contributed by atoms with van der Waals surface area (Å²) in [5.41, 5.74) is 4.59. The average molecular weight is 467 g/mol. The molecule has 3 unspecified atom stereocenters. The zero-order valence-electron chi connectivity index (χ0n) is 19.1. The Labute approximate surface area is 198 Å². The third-order valence-electron chi connectivity index (χ3n) is 6.63. The summed E-state index contributed by atoms with van der Waals surface area (Å²) in [5.74, 6) is -2.03. The van der Waals surface area contributed by atoms with Crippen LogP contribution in [0.3, 0.4) is 0 Å². The number of aliphatic hydroxyl groups is 1. The highest BCUT2D eigenvalue weighted by atomic mass is 16.5. The van der Waals surface area contributed by atoms with E-state index in [1.165, 1.54) is 4.90 Å². The van der Waals surface area contributed by atoms with Gasteiger partial charge in [-0.2, -0.15) is 0 Å². The van der Waals surface area contributed by atoms with Gasteiger partial charge in [-0.3, -0.25) is 9.59 Å². The van der Waals surface area contributed by atoms with Gasteiger partial charge in [-0.1, -0.05) is 48.5 Å². The lowest BCUT2D eigenvalue weighted by Gasteiger charge is -2.34. The van der Waals surface area contributed by atoms with E-state index >= 15 is 0 Å². The quantitative estimate of drug-likeness (QED) is 0.578. The van der Waals surface area contributed by atoms with Gasteiger partial charge in [-0.05, 0) is 42.0 Å². The van der Waals surface area contributed by atoms with Crippen LogP contribution in [0.1, 0.15) is 43.2 Å². The van der Waals surface area contributed by atoms with Gasteiger partial charge < -0.3 is 25.2 Å². The van der Waals surface area contributed by atoms with E-state index in [1.54, 1.807) is 6.92 Å². The van der Waals surface area contributed by atoms with E-state index in [0.717, 1.165) is 22.3 Å². The number of ether oxygens (including phenoxy) is 1. The van der Waals surface area contributed by atoms with Crippen molar-refractivity contribution in [3.8, 4) is 11.1 Å². The number of rotatable bonds is 7. The van der Waals surface area contributed by atoms with E-state index in [0.29, 0.717) is 6.42 Å². The fourth-order valence-corrected chi connectivity index (χ4v) is 4.87. The second-order valence-electron chi connectivity index (χ2n) is 9.13. The van der Waals surface area contributed by atoms with Crippen molar-refractivity contribution in [2.75, 3.05) is 19.7 Å². The van der Waals surface area contributed by atoms with Crippen molar-refractivity contribution in [1.82, 2.24) is 10.2 Å². The van der Waals surface area contributed by atoms with Gasteiger partial charge in [-0.15, -0.1) is 0 Å². The number of fused-ring (bicyclic) bond motifs is 3. The van der Waals surface area contributed by atoms with E-state index in [-0.39, 0.29) is 50.4 Å². The first-order chi connectivity index (χ1) is 16.3. The largest absolute Gasteiger partial charge is 0.481 e. The SMILES string of the molecule is CC(CCC(=O)N1CC(O)CC(C(=O)O)C1)NC(=O)OCC1c2ccccc2-c2ccccc21. The number of benzene rings is 2. The molecule has 2 amide bonds. The number of alkyl carbamates (subject to hydrolysis) is 1. The van der Waals surface area contributed by atoms with Gasteiger partial charge in [-0.25, -0.2) is 4.79 Å². The highest BCUT2D eigenvalue weighted by molar-refractivity contribution is 5.79. The standard InChI is InChI=1S/C26H30N2O6/c1-16(10-11-24(30)28-13-17(25(31)32)12-18(29)14-28)27-26(33)34-15-23-21-8-4-2-6-19(21)20-7-3-5-9-22(20)23/h2-9,16-18,23,29H,10-15H2,1H3,(H,27,33)(H,31,32). The predicted molar refractivity (Wildman–Crippen MR) is 125 cm³/mol. The van der Waals surface area contributed by atoms with E-state index in [2.05, 4.69) is 29.6 Å². The number of hydrogen-bond acceptors (Lipinski definition) is 5. The minimum atomic E-state index is -1.01. The first-order valence-corrected chi connectivity index (χ1v) is 11.6. The molecule has 180 valence electrons. The van der Waals surface area contributed by atoms with E-state index < -0.39 is 24.1 Å². The van der Waals surface area contributed by atoms with Gasteiger partial charge in [0, 0.05) is 31.5 Å². The minimum Gasteiger partial charge on any atom is -0.481 e. The van der Waals surface area contributed by atoms with Crippen LogP contribution in [0.5, 0.6) is 0 Å². The summed E-state index contributed by atoms with van der Waals surface area (Å²) in [4.78, 5) is 37.6. The van der Waals surface area contributed by atoms with Crippen molar-refractivity contribution >= 4 is 18.0 Å². The Morgan fingerprint density at radius 1 is 1.06 bits per heavy atom. The van der Waals surface area contributed by atoms with Crippen molar-refractivity contribution in [2.45, 2.75) is 44.2 Å². The molecule has 0 saturated carbocycles. The maximum atomic E-state index is 12.5. The van der Waals surface area contributed by atoms with Crippen LogP contribution in [0.4, 0.5) is 4.79 Å². The van der Waals surface area contributed by atoms with E-state index in [1.807, 2.05) is 24.3 Å². The van der Waals surface area contributed by atoms with Gasteiger partial charge >= 0.3 is 12.1 Å². The lowest BCUT2D eigenvalue weighted by molar-refractivity contribution is -0.148. The Morgan fingerprint density at radius 3 is 2.29 bits per heavy atom. The molecule has 4 rings (SSSR count). The summed E-state index contributed by atoms with van der Waals surface area (Å²) >= 11 is 0. The van der Waals surface area contributed by atoms with Crippen LogP contribution in [-0.4, -0.2) is 64.9 Å². The molecule has 8 nitrogen and oxygen atoms in total. The molecule has 0 spiro atoms. The number of β-amino-alcohol motifs (C(OH)–C–C–N with tert-alkyl or cyclic N) is 1. The molecule has 1 heterocycles. The molecule has 1 fully saturated rings. The fourth-order valence-electron chi connectivity index (χ4n) is 4.87. The molecular formula is C26H30N2O6. The molecule has 1 aliphatic heterocycles. The highest BCUT2D eigenvalue weighted by Gasteiger charge is 2.33. The Bertz CT molecular complexity index is 1030. The maximum absolute atomic E-state index is 12.5. The van der Waals surface area contributed by atoms with Gasteiger partial charge in [0.2, 0.25) is 5.91 Å². The van der Waals surface area contributed by atoms with Crippen LogP contribution in [0, 0.1) is 5.92 Å². The molecule has 3 N–H and O–H groups in total. The monoisotopic (exact) mass is 466 g/mol. The van der Waals surface area contributed by atoms with Crippen molar-refractivity contribution in [3.63, 3.8) is 0 Å². The van der Waals surface area contributed by atoms with Crippen LogP contribution >= 0.6 is 0 Å². The number of aliphatic carboxylic acids is 1. The summed E-state index contributed by atoms with van der Waals surface area (Å²) < 4.78 is 5.54.